The van der Waals surface area contributed by atoms with E-state index in [9.17, 15) is 8.42 Å². The molecule has 3 rings (SSSR count). The molecule has 0 amide bonds. The highest BCUT2D eigenvalue weighted by atomic mass is 32.2. The van der Waals surface area contributed by atoms with Crippen molar-refractivity contribution in [2.45, 2.75) is 46.1 Å². The molecule has 0 aromatic heterocycles. The molecule has 0 unspecified atom stereocenters. The van der Waals surface area contributed by atoms with Crippen molar-refractivity contribution in [1.29, 1.82) is 0 Å². The van der Waals surface area contributed by atoms with Gasteiger partial charge in [-0.3, -0.25) is 9.71 Å². The second kappa shape index (κ2) is 6.11. The van der Waals surface area contributed by atoms with E-state index in [0.29, 0.717) is 28.1 Å². The molecule has 1 fully saturated rings. The number of sulfonamides is 1. The maximum absolute atomic E-state index is 12.5. The van der Waals surface area contributed by atoms with Gasteiger partial charge in [-0.1, -0.05) is 57.0 Å². The van der Waals surface area contributed by atoms with Gasteiger partial charge in [0.05, 0.1) is 6.04 Å². The Balaban J connectivity index is 1.99. The fourth-order valence-corrected chi connectivity index (χ4v) is 5.06. The lowest BCUT2D eigenvalue weighted by Crippen LogP contribution is -2.31. The molecule has 23 heavy (non-hydrogen) atoms. The minimum absolute atomic E-state index is 0.196. The summed E-state index contributed by atoms with van der Waals surface area (Å²) in [5.41, 5.74) is 1.44. The third-order valence-corrected chi connectivity index (χ3v) is 6.73. The van der Waals surface area contributed by atoms with Gasteiger partial charge in [0.1, 0.15) is 10.7 Å². The Bertz CT molecular complexity index is 750. The van der Waals surface area contributed by atoms with Gasteiger partial charge in [-0.25, -0.2) is 8.42 Å². The second-order valence-corrected chi connectivity index (χ2v) is 8.36. The Morgan fingerprint density at radius 1 is 1.13 bits per heavy atom. The molecule has 124 valence electrons. The summed E-state index contributed by atoms with van der Waals surface area (Å²) < 4.78 is 27.7. The molecule has 2 aliphatic rings. The van der Waals surface area contributed by atoms with E-state index < -0.39 is 10.0 Å². The Morgan fingerprint density at radius 3 is 2.52 bits per heavy atom. The molecule has 0 bridgehead atoms. The fourth-order valence-electron chi connectivity index (χ4n) is 3.55. The number of nitrogens with zero attached hydrogens (tertiary/aromatic N) is 1. The van der Waals surface area contributed by atoms with E-state index in [-0.39, 0.29) is 6.04 Å². The molecule has 1 N–H and O–H groups in total. The zero-order valence-electron chi connectivity index (χ0n) is 13.9. The first-order valence-electron chi connectivity index (χ1n) is 8.27. The number of aliphatic imine (C=N–C) groups is 1. The van der Waals surface area contributed by atoms with E-state index in [4.69, 9.17) is 4.99 Å². The van der Waals surface area contributed by atoms with Gasteiger partial charge in [-0.05, 0) is 30.7 Å². The molecule has 1 aliphatic heterocycles. The number of hydrogen-bond donors (Lipinski definition) is 1. The lowest BCUT2D eigenvalue weighted by atomic mass is 9.78. The van der Waals surface area contributed by atoms with Crippen LogP contribution in [0.2, 0.25) is 0 Å². The summed E-state index contributed by atoms with van der Waals surface area (Å²) in [6.45, 7) is 6.32. The average molecular weight is 332 g/mol. The summed E-state index contributed by atoms with van der Waals surface area (Å²) in [6.07, 6.45) is 3.43. The molecule has 1 saturated carbocycles. The summed E-state index contributed by atoms with van der Waals surface area (Å²) in [5.74, 6) is 1.64. The van der Waals surface area contributed by atoms with Crippen molar-refractivity contribution < 1.29 is 8.42 Å². The van der Waals surface area contributed by atoms with E-state index in [0.717, 1.165) is 18.4 Å². The predicted octanol–water partition coefficient (Wildman–Crippen LogP) is 3.57. The minimum atomic E-state index is -3.52. The molecule has 1 aliphatic carbocycles. The minimum Gasteiger partial charge on any atom is -0.264 e. The number of amidine groups is 1. The molecular formula is C18H24N2O2S. The molecule has 1 aromatic carbocycles. The van der Waals surface area contributed by atoms with Gasteiger partial charge >= 0.3 is 0 Å². The van der Waals surface area contributed by atoms with E-state index >= 15 is 0 Å². The van der Waals surface area contributed by atoms with Crippen molar-refractivity contribution in [2.24, 2.45) is 16.8 Å². The van der Waals surface area contributed by atoms with Crippen LogP contribution in [-0.2, 0) is 10.0 Å². The summed E-state index contributed by atoms with van der Waals surface area (Å²) in [5, 5.41) is 0. The Kier molecular flexibility index (Phi) is 4.32. The van der Waals surface area contributed by atoms with Crippen LogP contribution in [0.4, 0.5) is 0 Å². The highest BCUT2D eigenvalue weighted by molar-refractivity contribution is 8.00. The maximum atomic E-state index is 12.5. The smallest absolute Gasteiger partial charge is 0.264 e. The van der Waals surface area contributed by atoms with Crippen molar-refractivity contribution in [1.82, 2.24) is 4.72 Å². The standard InChI is InChI=1S/C18H24N2O2S/c1-12-8-7-11-16(13(12)2)19-18-14(3)17(23(21,22)20-18)15-9-5-4-6-10-15/h4-6,9-10,12-13,16H,7-8,11H2,1-3H3,(H,19,20)/t12-,13+,16+/m0/s1. The van der Waals surface area contributed by atoms with Gasteiger partial charge in [0, 0.05) is 5.57 Å². The van der Waals surface area contributed by atoms with E-state index in [1.807, 2.05) is 37.3 Å². The van der Waals surface area contributed by atoms with Gasteiger partial charge < -0.3 is 0 Å². The van der Waals surface area contributed by atoms with Crippen molar-refractivity contribution in [3.8, 4) is 0 Å². The molecule has 1 aromatic rings. The molecule has 0 radical (unpaired) electrons. The third-order valence-electron chi connectivity index (χ3n) is 5.19. The summed E-state index contributed by atoms with van der Waals surface area (Å²) in [7, 11) is -3.52. The lowest BCUT2D eigenvalue weighted by molar-refractivity contribution is 0.241. The highest BCUT2D eigenvalue weighted by Crippen LogP contribution is 2.34. The Hall–Kier alpha value is -1.62. The monoisotopic (exact) mass is 332 g/mol. The first-order valence-corrected chi connectivity index (χ1v) is 9.76. The van der Waals surface area contributed by atoms with Gasteiger partial charge in [-0.15, -0.1) is 0 Å². The van der Waals surface area contributed by atoms with Crippen LogP contribution < -0.4 is 4.72 Å². The largest absolute Gasteiger partial charge is 0.264 e. The SMILES string of the molecule is CC1=C(c2ccccc2)S(=O)(=O)NC1=N[C@@H]1CCC[C@H](C)[C@H]1C. The second-order valence-electron chi connectivity index (χ2n) is 6.74. The van der Waals surface area contributed by atoms with Gasteiger partial charge in [0.15, 0.2) is 0 Å². The van der Waals surface area contributed by atoms with Crippen LogP contribution in [0.25, 0.3) is 4.91 Å². The molecule has 0 saturated heterocycles. The van der Waals surface area contributed by atoms with Crippen LogP contribution in [-0.4, -0.2) is 20.3 Å². The topological polar surface area (TPSA) is 58.5 Å². The Morgan fingerprint density at radius 2 is 1.83 bits per heavy atom. The van der Waals surface area contributed by atoms with Gasteiger partial charge in [-0.2, -0.15) is 0 Å². The number of hydrogen-bond acceptors (Lipinski definition) is 3. The molecule has 3 atom stereocenters. The highest BCUT2D eigenvalue weighted by Gasteiger charge is 2.34. The summed E-state index contributed by atoms with van der Waals surface area (Å²) in [6, 6.07) is 9.44. The van der Waals surface area contributed by atoms with Crippen LogP contribution in [0, 0.1) is 11.8 Å². The fraction of sp³-hybridized carbons (Fsp3) is 0.500. The first kappa shape index (κ1) is 16.2. The van der Waals surface area contributed by atoms with E-state index in [1.54, 1.807) is 0 Å². The van der Waals surface area contributed by atoms with E-state index in [1.165, 1.54) is 6.42 Å². The molecule has 0 spiro atoms. The zero-order valence-corrected chi connectivity index (χ0v) is 14.7. The molecule has 1 heterocycles. The van der Waals surface area contributed by atoms with Crippen LogP contribution in [0.3, 0.4) is 0 Å². The number of benzene rings is 1. The quantitative estimate of drug-likeness (QED) is 0.900. The van der Waals surface area contributed by atoms with Crippen molar-refractivity contribution in [2.75, 3.05) is 0 Å². The first-order chi connectivity index (χ1) is 10.9. The van der Waals surface area contributed by atoms with E-state index in [2.05, 4.69) is 18.6 Å². The lowest BCUT2D eigenvalue weighted by Gasteiger charge is -2.31. The molecule has 4 nitrogen and oxygen atoms in total. The van der Waals surface area contributed by atoms with Crippen LogP contribution in [0.5, 0.6) is 0 Å². The molecule has 5 heteroatoms. The normalized spacial score (nSPS) is 32.1. The van der Waals surface area contributed by atoms with Gasteiger partial charge in [0.25, 0.3) is 10.0 Å². The van der Waals surface area contributed by atoms with Crippen LogP contribution >= 0.6 is 0 Å². The Labute approximate surface area is 138 Å². The average Bonchev–Trinajstić information content (AvgIpc) is 2.74. The predicted molar refractivity (Wildman–Crippen MR) is 94.5 cm³/mol. The molecular weight excluding hydrogens is 308 g/mol. The summed E-state index contributed by atoms with van der Waals surface area (Å²) in [4.78, 5) is 5.14. The zero-order chi connectivity index (χ0) is 16.6. The number of rotatable bonds is 2. The summed E-state index contributed by atoms with van der Waals surface area (Å²) >= 11 is 0. The van der Waals surface area contributed by atoms with Crippen molar-refractivity contribution in [3.63, 3.8) is 0 Å². The maximum Gasteiger partial charge on any atom is 0.264 e. The van der Waals surface area contributed by atoms with Crippen molar-refractivity contribution >= 4 is 20.8 Å². The third kappa shape index (κ3) is 3.07. The van der Waals surface area contributed by atoms with Gasteiger partial charge in [0.2, 0.25) is 0 Å². The number of nitrogens with one attached hydrogen (secondary N) is 1. The van der Waals surface area contributed by atoms with Crippen molar-refractivity contribution in [3.05, 3.63) is 41.5 Å². The van der Waals surface area contributed by atoms with Crippen LogP contribution in [0.1, 0.15) is 45.6 Å². The van der Waals surface area contributed by atoms with Crippen LogP contribution in [0.15, 0.2) is 40.9 Å².